The van der Waals surface area contributed by atoms with Crippen molar-refractivity contribution in [2.45, 2.75) is 13.0 Å². The molecule has 1 amide bonds. The number of carbonyl (C=O) groups is 1. The molecule has 0 aliphatic carbocycles. The molecule has 1 aliphatic heterocycles. The Hall–Kier alpha value is -2.62. The van der Waals surface area contributed by atoms with Gasteiger partial charge in [0.25, 0.3) is 5.91 Å². The van der Waals surface area contributed by atoms with E-state index in [1.54, 1.807) is 0 Å². The van der Waals surface area contributed by atoms with E-state index in [2.05, 4.69) is 27.8 Å². The maximum absolute atomic E-state index is 12.0. The number of aliphatic imine (C=N–C) groups is 1. The molecule has 1 aliphatic rings. The van der Waals surface area contributed by atoms with Gasteiger partial charge in [0.05, 0.1) is 0 Å². The molecule has 3 rings (SSSR count). The number of nitrogens with zero attached hydrogens (tertiary/aromatic N) is 1. The highest BCUT2D eigenvalue weighted by Gasteiger charge is 2.29. The standard InChI is InChI=1S/C17H17N3O/c1-2-18-17-19-15(16(21)20-17)14-10-8-13(9-11-14)12-6-4-3-5-7-12/h3-11,15H,2H2,1H3,(H2,18,19,20,21). The molecule has 0 bridgehead atoms. The van der Waals surface area contributed by atoms with Crippen molar-refractivity contribution in [1.82, 2.24) is 10.6 Å². The van der Waals surface area contributed by atoms with E-state index in [0.29, 0.717) is 12.5 Å². The first kappa shape index (κ1) is 13.4. The third kappa shape index (κ3) is 2.79. The summed E-state index contributed by atoms with van der Waals surface area (Å²) in [6.07, 6.45) is 0. The van der Waals surface area contributed by atoms with E-state index >= 15 is 0 Å². The number of rotatable bonds is 3. The van der Waals surface area contributed by atoms with Gasteiger partial charge in [0.1, 0.15) is 6.04 Å². The summed E-state index contributed by atoms with van der Waals surface area (Å²) >= 11 is 0. The highest BCUT2D eigenvalue weighted by molar-refractivity contribution is 6.06. The van der Waals surface area contributed by atoms with Crippen molar-refractivity contribution >= 4 is 11.9 Å². The smallest absolute Gasteiger partial charge is 0.253 e. The van der Waals surface area contributed by atoms with Gasteiger partial charge in [-0.15, -0.1) is 0 Å². The number of amides is 1. The van der Waals surface area contributed by atoms with Crippen molar-refractivity contribution in [1.29, 1.82) is 0 Å². The van der Waals surface area contributed by atoms with Gasteiger partial charge in [-0.3, -0.25) is 15.1 Å². The average Bonchev–Trinajstić information content (AvgIpc) is 2.89. The van der Waals surface area contributed by atoms with Crippen molar-refractivity contribution in [2.75, 3.05) is 6.54 Å². The highest BCUT2D eigenvalue weighted by atomic mass is 16.2. The molecule has 1 heterocycles. The van der Waals surface area contributed by atoms with Gasteiger partial charge in [0.2, 0.25) is 0 Å². The number of benzene rings is 2. The van der Waals surface area contributed by atoms with Crippen LogP contribution < -0.4 is 10.6 Å². The minimum absolute atomic E-state index is 0.0605. The van der Waals surface area contributed by atoms with Crippen molar-refractivity contribution in [3.05, 3.63) is 60.2 Å². The van der Waals surface area contributed by atoms with Gasteiger partial charge in [-0.1, -0.05) is 54.6 Å². The maximum atomic E-state index is 12.0. The summed E-state index contributed by atoms with van der Waals surface area (Å²) in [5.41, 5.74) is 3.25. The topological polar surface area (TPSA) is 53.5 Å². The van der Waals surface area contributed by atoms with Gasteiger partial charge in [-0.2, -0.15) is 0 Å². The summed E-state index contributed by atoms with van der Waals surface area (Å²) in [5.74, 6) is 0.495. The molecule has 0 radical (unpaired) electrons. The van der Waals surface area contributed by atoms with Crippen LogP contribution in [-0.4, -0.2) is 18.4 Å². The number of carbonyl (C=O) groups excluding carboxylic acids is 1. The zero-order valence-electron chi connectivity index (χ0n) is 11.8. The predicted octanol–water partition coefficient (Wildman–Crippen LogP) is 2.49. The molecular weight excluding hydrogens is 262 g/mol. The molecule has 21 heavy (non-hydrogen) atoms. The van der Waals surface area contributed by atoms with E-state index in [4.69, 9.17) is 0 Å². The molecule has 1 saturated heterocycles. The van der Waals surface area contributed by atoms with E-state index < -0.39 is 0 Å². The van der Waals surface area contributed by atoms with E-state index in [0.717, 1.165) is 11.1 Å². The molecular formula is C17H17N3O. The second-order valence-corrected chi connectivity index (χ2v) is 4.88. The number of guanidine groups is 1. The minimum Gasteiger partial charge on any atom is -0.340 e. The Morgan fingerprint density at radius 3 is 2.33 bits per heavy atom. The lowest BCUT2D eigenvalue weighted by molar-refractivity contribution is -0.120. The molecule has 106 valence electrons. The van der Waals surface area contributed by atoms with Crippen LogP contribution >= 0.6 is 0 Å². The number of hydrogen-bond acceptors (Lipinski definition) is 2. The SMILES string of the molecule is CCN=C1NC(=O)C(c2ccc(-c3ccccc3)cc2)N1. The Balaban J connectivity index is 1.82. The molecule has 1 unspecified atom stereocenters. The van der Waals surface area contributed by atoms with E-state index in [9.17, 15) is 4.79 Å². The maximum Gasteiger partial charge on any atom is 0.253 e. The Morgan fingerprint density at radius 1 is 1.00 bits per heavy atom. The first-order chi connectivity index (χ1) is 10.3. The lowest BCUT2D eigenvalue weighted by atomic mass is 10.0. The molecule has 4 heteroatoms. The van der Waals surface area contributed by atoms with Gasteiger partial charge in [0.15, 0.2) is 5.96 Å². The molecule has 0 spiro atoms. The highest BCUT2D eigenvalue weighted by Crippen LogP contribution is 2.23. The fourth-order valence-corrected chi connectivity index (χ4v) is 2.40. The van der Waals surface area contributed by atoms with Crippen molar-refractivity contribution in [3.63, 3.8) is 0 Å². The second-order valence-electron chi connectivity index (χ2n) is 4.88. The van der Waals surface area contributed by atoms with Gasteiger partial charge >= 0.3 is 0 Å². The van der Waals surface area contributed by atoms with Gasteiger partial charge < -0.3 is 5.32 Å². The molecule has 0 saturated carbocycles. The summed E-state index contributed by atoms with van der Waals surface area (Å²) in [6, 6.07) is 17.8. The fraction of sp³-hybridized carbons (Fsp3) is 0.176. The van der Waals surface area contributed by atoms with Crippen LogP contribution in [0.1, 0.15) is 18.5 Å². The summed E-state index contributed by atoms with van der Waals surface area (Å²) in [6.45, 7) is 2.57. The van der Waals surface area contributed by atoms with Gasteiger partial charge in [-0.25, -0.2) is 0 Å². The molecule has 0 aromatic heterocycles. The third-order valence-corrected chi connectivity index (χ3v) is 3.45. The monoisotopic (exact) mass is 279 g/mol. The lowest BCUT2D eigenvalue weighted by Gasteiger charge is -2.09. The predicted molar refractivity (Wildman–Crippen MR) is 83.9 cm³/mol. The van der Waals surface area contributed by atoms with Crippen LogP contribution in [0.2, 0.25) is 0 Å². The van der Waals surface area contributed by atoms with Gasteiger partial charge in [-0.05, 0) is 23.6 Å². The van der Waals surface area contributed by atoms with Crippen LogP contribution in [0.15, 0.2) is 59.6 Å². The Bertz CT molecular complexity index is 662. The van der Waals surface area contributed by atoms with Crippen molar-refractivity contribution in [3.8, 4) is 11.1 Å². The van der Waals surface area contributed by atoms with Crippen LogP contribution in [0.25, 0.3) is 11.1 Å². The lowest BCUT2D eigenvalue weighted by Crippen LogP contribution is -2.25. The Labute approximate surface area is 123 Å². The summed E-state index contributed by atoms with van der Waals surface area (Å²) in [4.78, 5) is 16.1. The summed E-state index contributed by atoms with van der Waals surface area (Å²) in [7, 11) is 0. The van der Waals surface area contributed by atoms with Crippen LogP contribution in [0, 0.1) is 0 Å². The van der Waals surface area contributed by atoms with Crippen LogP contribution in [0.5, 0.6) is 0 Å². The molecule has 2 aromatic carbocycles. The van der Waals surface area contributed by atoms with Gasteiger partial charge in [0, 0.05) is 6.54 Å². The summed E-state index contributed by atoms with van der Waals surface area (Å²) in [5, 5.41) is 5.86. The molecule has 4 nitrogen and oxygen atoms in total. The van der Waals surface area contributed by atoms with Crippen molar-refractivity contribution in [2.24, 2.45) is 4.99 Å². The van der Waals surface area contributed by atoms with Crippen LogP contribution in [0.4, 0.5) is 0 Å². The van der Waals surface area contributed by atoms with Crippen LogP contribution in [0.3, 0.4) is 0 Å². The quantitative estimate of drug-likeness (QED) is 0.907. The van der Waals surface area contributed by atoms with E-state index in [1.807, 2.05) is 49.4 Å². The van der Waals surface area contributed by atoms with E-state index in [1.165, 1.54) is 5.56 Å². The average molecular weight is 279 g/mol. The first-order valence-corrected chi connectivity index (χ1v) is 7.05. The minimum atomic E-state index is -0.361. The molecule has 1 atom stereocenters. The zero-order chi connectivity index (χ0) is 14.7. The van der Waals surface area contributed by atoms with E-state index in [-0.39, 0.29) is 11.9 Å². The zero-order valence-corrected chi connectivity index (χ0v) is 11.8. The largest absolute Gasteiger partial charge is 0.340 e. The normalized spacial score (nSPS) is 19.4. The molecule has 2 N–H and O–H groups in total. The Morgan fingerprint density at radius 2 is 1.67 bits per heavy atom. The summed E-state index contributed by atoms with van der Waals surface area (Å²) < 4.78 is 0. The number of nitrogens with one attached hydrogen (secondary N) is 2. The fourth-order valence-electron chi connectivity index (χ4n) is 2.40. The molecule has 2 aromatic rings. The Kier molecular flexibility index (Phi) is 3.69. The second kappa shape index (κ2) is 5.79. The number of hydrogen-bond donors (Lipinski definition) is 2. The van der Waals surface area contributed by atoms with Crippen molar-refractivity contribution < 1.29 is 4.79 Å². The van der Waals surface area contributed by atoms with Crippen LogP contribution in [-0.2, 0) is 4.79 Å². The third-order valence-electron chi connectivity index (χ3n) is 3.45. The molecule has 1 fully saturated rings. The first-order valence-electron chi connectivity index (χ1n) is 7.05.